The number of hydrogen-bond donors (Lipinski definition) is 3. The minimum absolute atomic E-state index is 0. The number of carbonyl (C=O) groups is 2. The third-order valence-corrected chi connectivity index (χ3v) is 4.63. The predicted molar refractivity (Wildman–Crippen MR) is 110 cm³/mol. The molecule has 3 N–H and O–H groups in total. The topological polar surface area (TPSA) is 78.4 Å². The first kappa shape index (κ1) is 31.7. The molecule has 3 rings (SSSR count). The van der Waals surface area contributed by atoms with E-state index in [2.05, 4.69) is 28.9 Å². The van der Waals surface area contributed by atoms with E-state index in [0.29, 0.717) is 33.4 Å². The standard InChI is InChI=1S/C24H21N2O3.3Y/c1-15-7-4-10-18(21(15)27)13-25-24(20-12-6-9-17(3)23(20)29)26-14-19-11-5-8-16(2)22(19)28;;;/h7-14,24-26,29H,1-3H3;;;/q-3;;;/b18-13+,19-14+;;;. The Morgan fingerprint density at radius 1 is 0.844 bits per heavy atom. The van der Waals surface area contributed by atoms with Crippen molar-refractivity contribution in [3.8, 4) is 5.75 Å². The summed E-state index contributed by atoms with van der Waals surface area (Å²) in [7, 11) is 0. The molecule has 2 aliphatic rings. The number of rotatable bonds is 5. The zero-order valence-electron chi connectivity index (χ0n) is 18.2. The minimum atomic E-state index is -0.606. The van der Waals surface area contributed by atoms with Crippen LogP contribution in [0.2, 0.25) is 0 Å². The van der Waals surface area contributed by atoms with Gasteiger partial charge in [-0.05, 0) is 12.4 Å². The van der Waals surface area contributed by atoms with Crippen LogP contribution in [0.4, 0.5) is 0 Å². The molecular weight excluding hydrogens is 631 g/mol. The fourth-order valence-electron chi connectivity index (χ4n) is 2.86. The fourth-order valence-corrected chi connectivity index (χ4v) is 2.86. The number of phenols is 1. The minimum Gasteiger partial charge on any atom is -0.533 e. The van der Waals surface area contributed by atoms with Crippen LogP contribution >= 0.6 is 0 Å². The summed E-state index contributed by atoms with van der Waals surface area (Å²) in [5, 5.41) is 16.7. The average molecular weight is 652 g/mol. The molecule has 0 bridgehead atoms. The second kappa shape index (κ2) is 14.9. The summed E-state index contributed by atoms with van der Waals surface area (Å²) in [6.07, 6.45) is 14.8. The Morgan fingerprint density at radius 3 is 1.78 bits per heavy atom. The van der Waals surface area contributed by atoms with E-state index in [4.69, 9.17) is 0 Å². The molecule has 0 saturated heterocycles. The molecule has 0 unspecified atom stereocenters. The number of allylic oxidation sites excluding steroid dienone is 10. The van der Waals surface area contributed by atoms with Crippen molar-refractivity contribution in [2.75, 3.05) is 0 Å². The van der Waals surface area contributed by atoms with Crippen molar-refractivity contribution in [3.05, 3.63) is 100 Å². The van der Waals surface area contributed by atoms with Gasteiger partial charge in [0.15, 0.2) is 0 Å². The van der Waals surface area contributed by atoms with E-state index in [-0.39, 0.29) is 115 Å². The largest absolute Gasteiger partial charge is 0.533 e. The van der Waals surface area contributed by atoms with Gasteiger partial charge in [-0.1, -0.05) is 37.5 Å². The molecule has 0 atom stereocenters. The predicted octanol–water partition coefficient (Wildman–Crippen LogP) is 3.22. The molecule has 32 heavy (non-hydrogen) atoms. The van der Waals surface area contributed by atoms with Gasteiger partial charge in [0, 0.05) is 104 Å². The Morgan fingerprint density at radius 2 is 1.31 bits per heavy atom. The molecule has 0 fully saturated rings. The number of nitrogens with one attached hydrogen (secondary N) is 2. The molecule has 1 aromatic rings. The first-order valence-electron chi connectivity index (χ1n) is 9.12. The number of hydrogen-bond acceptors (Lipinski definition) is 5. The van der Waals surface area contributed by atoms with Crippen molar-refractivity contribution in [1.29, 1.82) is 0 Å². The molecule has 8 heteroatoms. The van der Waals surface area contributed by atoms with Crippen molar-refractivity contribution in [1.82, 2.24) is 10.6 Å². The van der Waals surface area contributed by atoms with Crippen molar-refractivity contribution in [2.45, 2.75) is 26.9 Å². The van der Waals surface area contributed by atoms with Crippen LogP contribution in [0.1, 0.15) is 31.1 Å². The molecule has 0 aromatic heterocycles. The van der Waals surface area contributed by atoms with Crippen LogP contribution in [0.3, 0.4) is 0 Å². The van der Waals surface area contributed by atoms with E-state index < -0.39 is 6.17 Å². The van der Waals surface area contributed by atoms with E-state index in [1.165, 1.54) is 0 Å². The van der Waals surface area contributed by atoms with Gasteiger partial charge in [0.05, 0.1) is 17.7 Å². The maximum absolute atomic E-state index is 12.3. The zero-order valence-corrected chi connectivity index (χ0v) is 26.7. The molecule has 5 nitrogen and oxygen atoms in total. The summed E-state index contributed by atoms with van der Waals surface area (Å²) in [6.45, 7) is 5.23. The number of Topliss-reactive ketones (excluding diaryl/α,β-unsaturated/α-hetero) is 2. The molecule has 1 aromatic carbocycles. The first-order chi connectivity index (χ1) is 13.9. The summed E-state index contributed by atoms with van der Waals surface area (Å²) in [5.41, 5.74) is 3.27. The molecule has 0 saturated carbocycles. The van der Waals surface area contributed by atoms with Crippen molar-refractivity contribution in [3.63, 3.8) is 0 Å². The molecule has 157 valence electrons. The van der Waals surface area contributed by atoms with Crippen molar-refractivity contribution < 1.29 is 113 Å². The van der Waals surface area contributed by atoms with E-state index in [9.17, 15) is 14.7 Å². The van der Waals surface area contributed by atoms with E-state index in [0.717, 1.165) is 0 Å². The Kier molecular flexibility index (Phi) is 14.7. The van der Waals surface area contributed by atoms with Gasteiger partial charge in [-0.15, -0.1) is 16.7 Å². The van der Waals surface area contributed by atoms with Crippen LogP contribution in [0, 0.1) is 25.1 Å². The summed E-state index contributed by atoms with van der Waals surface area (Å²) in [4.78, 5) is 24.6. The molecule has 3 radical (unpaired) electrons. The Labute approximate surface area is 264 Å². The summed E-state index contributed by atoms with van der Waals surface area (Å²) in [6, 6.07) is 6.31. The molecule has 0 spiro atoms. The Balaban J connectivity index is 0.00000320. The third kappa shape index (κ3) is 7.89. The van der Waals surface area contributed by atoms with Crippen LogP contribution in [-0.4, -0.2) is 16.7 Å². The quantitative estimate of drug-likeness (QED) is 0.259. The van der Waals surface area contributed by atoms with Crippen LogP contribution in [0.25, 0.3) is 0 Å². The normalized spacial score (nSPS) is 17.2. The second-order valence-electron chi connectivity index (χ2n) is 6.84. The first-order valence-corrected chi connectivity index (χ1v) is 9.12. The van der Waals surface area contributed by atoms with Gasteiger partial charge in [-0.2, -0.15) is 54.7 Å². The van der Waals surface area contributed by atoms with Crippen molar-refractivity contribution in [2.24, 2.45) is 0 Å². The molecule has 2 aliphatic carbocycles. The number of ketones is 2. The van der Waals surface area contributed by atoms with Crippen molar-refractivity contribution >= 4 is 11.6 Å². The van der Waals surface area contributed by atoms with Crippen LogP contribution in [0.15, 0.2) is 71.1 Å². The number of carbonyl (C=O) groups excluding carboxylic acids is 2. The Bertz CT molecular complexity index is 993. The monoisotopic (exact) mass is 652 g/mol. The summed E-state index contributed by atoms with van der Waals surface area (Å²) in [5.74, 6) is -0.102. The average Bonchev–Trinajstić information content (AvgIpc) is 2.70. The summed E-state index contributed by atoms with van der Waals surface area (Å²) >= 11 is 0. The van der Waals surface area contributed by atoms with Crippen LogP contribution < -0.4 is 10.6 Å². The number of phenolic OH excluding ortho intramolecular Hbond substituents is 1. The zero-order chi connectivity index (χ0) is 21.0. The van der Waals surface area contributed by atoms with Gasteiger partial charge < -0.3 is 25.3 Å². The van der Waals surface area contributed by atoms with E-state index in [1.807, 2.05) is 0 Å². The van der Waals surface area contributed by atoms with Gasteiger partial charge in [-0.25, -0.2) is 0 Å². The third-order valence-electron chi connectivity index (χ3n) is 4.63. The van der Waals surface area contributed by atoms with Gasteiger partial charge >= 0.3 is 0 Å². The van der Waals surface area contributed by atoms with Gasteiger partial charge in [0.25, 0.3) is 0 Å². The van der Waals surface area contributed by atoms with Crippen LogP contribution in [0.5, 0.6) is 5.75 Å². The van der Waals surface area contributed by atoms with Gasteiger partial charge in [0.2, 0.25) is 0 Å². The second-order valence-corrected chi connectivity index (χ2v) is 6.84. The SMILES string of the molecule is CC1=C[C-]=C/C(=C\NC(N/C=C2\C=[C-]C=C(C)C2=O)c2c[c-]cc(C)c2O)C1=O.[Y].[Y].[Y]. The summed E-state index contributed by atoms with van der Waals surface area (Å²) < 4.78 is 0. The van der Waals surface area contributed by atoms with E-state index >= 15 is 0 Å². The maximum Gasteiger partial charge on any atom is 0.0827 e. The smallest absolute Gasteiger partial charge is 0.0827 e. The Hall–Kier alpha value is -0.288. The number of benzene rings is 1. The van der Waals surface area contributed by atoms with Gasteiger partial charge in [-0.3, -0.25) is 0 Å². The van der Waals surface area contributed by atoms with E-state index in [1.54, 1.807) is 69.6 Å². The fraction of sp³-hybridized carbons (Fsp3) is 0.167. The number of aromatic hydroxyl groups is 1. The number of aryl methyl sites for hydroxylation is 1. The van der Waals surface area contributed by atoms with Gasteiger partial charge in [0.1, 0.15) is 0 Å². The molecule has 0 aliphatic heterocycles. The molecule has 0 amide bonds. The molecule has 0 heterocycles. The molecular formula is C24H21N2O3Y3-3. The maximum atomic E-state index is 12.3. The van der Waals surface area contributed by atoms with Crippen LogP contribution in [-0.2, 0) is 108 Å².